The predicted molar refractivity (Wildman–Crippen MR) is 101 cm³/mol. The molecule has 1 aromatic rings. The number of piperidine rings is 1. The molecule has 0 radical (unpaired) electrons. The fourth-order valence-electron chi connectivity index (χ4n) is 2.96. The van der Waals surface area contributed by atoms with E-state index in [0.717, 1.165) is 31.7 Å². The van der Waals surface area contributed by atoms with Crippen LogP contribution in [0.15, 0.2) is 24.3 Å². The SMILES string of the molecule is CNC1CCCN(C(=O)C(C)Oc2ccc(C(C)(C)C)cc2)C1.Cl. The summed E-state index contributed by atoms with van der Waals surface area (Å²) < 4.78 is 5.85. The Balaban J connectivity index is 0.00000288. The van der Waals surface area contributed by atoms with E-state index in [-0.39, 0.29) is 23.7 Å². The van der Waals surface area contributed by atoms with Crippen molar-refractivity contribution in [3.63, 3.8) is 0 Å². The van der Waals surface area contributed by atoms with Crippen LogP contribution in [0.3, 0.4) is 0 Å². The minimum absolute atomic E-state index is 0. The standard InChI is InChI=1S/C19H30N2O2.ClH/c1-14(18(22)21-12-6-7-16(13-21)20-5)23-17-10-8-15(9-11-17)19(2,3)4;/h8-11,14,16,20H,6-7,12-13H2,1-5H3;1H. The lowest BCUT2D eigenvalue weighted by Crippen LogP contribution is -2.50. The highest BCUT2D eigenvalue weighted by atomic mass is 35.5. The van der Waals surface area contributed by atoms with Crippen LogP contribution >= 0.6 is 12.4 Å². The molecule has 0 bridgehead atoms. The third-order valence-corrected chi connectivity index (χ3v) is 4.52. The first-order valence-electron chi connectivity index (χ1n) is 8.54. The van der Waals surface area contributed by atoms with Crippen LogP contribution in [0.2, 0.25) is 0 Å². The highest BCUT2D eigenvalue weighted by molar-refractivity contribution is 5.85. The van der Waals surface area contributed by atoms with Gasteiger partial charge in [-0.25, -0.2) is 0 Å². The summed E-state index contributed by atoms with van der Waals surface area (Å²) in [6.07, 6.45) is 1.72. The summed E-state index contributed by atoms with van der Waals surface area (Å²) in [6.45, 7) is 9.99. The number of hydrogen-bond donors (Lipinski definition) is 1. The summed E-state index contributed by atoms with van der Waals surface area (Å²) in [7, 11) is 1.95. The number of nitrogens with one attached hydrogen (secondary N) is 1. The number of likely N-dealkylation sites (N-methyl/N-ethyl adjacent to an activating group) is 1. The van der Waals surface area contributed by atoms with E-state index in [9.17, 15) is 4.79 Å². The lowest BCUT2D eigenvalue weighted by molar-refractivity contribution is -0.139. The van der Waals surface area contributed by atoms with Gasteiger partial charge in [-0.2, -0.15) is 0 Å². The molecule has 4 nitrogen and oxygen atoms in total. The van der Waals surface area contributed by atoms with Crippen LogP contribution in [-0.2, 0) is 10.2 Å². The van der Waals surface area contributed by atoms with Gasteiger partial charge in [-0.1, -0.05) is 32.9 Å². The average molecular weight is 355 g/mol. The van der Waals surface area contributed by atoms with Crippen LogP contribution in [-0.4, -0.2) is 43.1 Å². The predicted octanol–water partition coefficient (Wildman–Crippen LogP) is 3.38. The van der Waals surface area contributed by atoms with Crippen molar-refractivity contribution in [2.24, 2.45) is 0 Å². The minimum atomic E-state index is -0.453. The largest absolute Gasteiger partial charge is 0.481 e. The van der Waals surface area contributed by atoms with Crippen LogP contribution in [0, 0.1) is 0 Å². The Morgan fingerprint density at radius 3 is 2.46 bits per heavy atom. The van der Waals surface area contributed by atoms with Gasteiger partial charge in [0.15, 0.2) is 6.10 Å². The smallest absolute Gasteiger partial charge is 0.263 e. The van der Waals surface area contributed by atoms with Crippen molar-refractivity contribution >= 4 is 18.3 Å². The third kappa shape index (κ3) is 5.38. The number of halogens is 1. The van der Waals surface area contributed by atoms with Crippen molar-refractivity contribution in [3.8, 4) is 5.75 Å². The van der Waals surface area contributed by atoms with Crippen LogP contribution in [0.1, 0.15) is 46.1 Å². The Labute approximate surface area is 152 Å². The number of rotatable bonds is 4. The second-order valence-corrected chi connectivity index (χ2v) is 7.45. The molecular weight excluding hydrogens is 324 g/mol. The molecule has 136 valence electrons. The molecule has 1 N–H and O–H groups in total. The maximum Gasteiger partial charge on any atom is 0.263 e. The van der Waals surface area contributed by atoms with Gasteiger partial charge in [0.2, 0.25) is 0 Å². The van der Waals surface area contributed by atoms with Crippen molar-refractivity contribution in [2.75, 3.05) is 20.1 Å². The van der Waals surface area contributed by atoms with Gasteiger partial charge >= 0.3 is 0 Å². The second-order valence-electron chi connectivity index (χ2n) is 7.45. The van der Waals surface area contributed by atoms with Crippen molar-refractivity contribution in [3.05, 3.63) is 29.8 Å². The van der Waals surface area contributed by atoms with E-state index in [1.165, 1.54) is 5.56 Å². The summed E-state index contributed by atoms with van der Waals surface area (Å²) in [4.78, 5) is 14.5. The van der Waals surface area contributed by atoms with Gasteiger partial charge in [-0.3, -0.25) is 4.79 Å². The number of likely N-dealkylation sites (tertiary alicyclic amines) is 1. The molecule has 2 atom stereocenters. The summed E-state index contributed by atoms with van der Waals surface area (Å²) >= 11 is 0. The molecule has 0 spiro atoms. The van der Waals surface area contributed by atoms with Crippen LogP contribution in [0.25, 0.3) is 0 Å². The first-order chi connectivity index (χ1) is 10.8. The van der Waals surface area contributed by atoms with Gasteiger partial charge in [-0.15, -0.1) is 12.4 Å². The number of amides is 1. The average Bonchev–Trinajstić information content (AvgIpc) is 2.53. The van der Waals surface area contributed by atoms with Crippen LogP contribution in [0.5, 0.6) is 5.75 Å². The molecule has 0 saturated carbocycles. The molecule has 0 aromatic heterocycles. The Hall–Kier alpha value is -1.26. The Kier molecular flexibility index (Phi) is 7.56. The number of benzene rings is 1. The molecule has 24 heavy (non-hydrogen) atoms. The number of hydrogen-bond acceptors (Lipinski definition) is 3. The van der Waals surface area contributed by atoms with E-state index in [1.807, 2.05) is 31.0 Å². The number of nitrogens with zero attached hydrogens (tertiary/aromatic N) is 1. The van der Waals surface area contributed by atoms with Gasteiger partial charge in [0.05, 0.1) is 0 Å². The summed E-state index contributed by atoms with van der Waals surface area (Å²) in [5.74, 6) is 0.825. The lowest BCUT2D eigenvalue weighted by atomic mass is 9.87. The topological polar surface area (TPSA) is 41.6 Å². The maximum absolute atomic E-state index is 12.6. The van der Waals surface area contributed by atoms with Crippen molar-refractivity contribution in [1.82, 2.24) is 10.2 Å². The second kappa shape index (κ2) is 8.72. The van der Waals surface area contributed by atoms with E-state index < -0.39 is 6.10 Å². The highest BCUT2D eigenvalue weighted by Gasteiger charge is 2.27. The van der Waals surface area contributed by atoms with Crippen molar-refractivity contribution < 1.29 is 9.53 Å². The lowest BCUT2D eigenvalue weighted by Gasteiger charge is -2.34. The van der Waals surface area contributed by atoms with Gasteiger partial charge in [-0.05, 0) is 49.9 Å². The molecule has 5 heteroatoms. The zero-order valence-electron chi connectivity index (χ0n) is 15.5. The Bertz CT molecular complexity index is 525. The molecule has 1 aromatic carbocycles. The van der Waals surface area contributed by atoms with E-state index in [2.05, 4.69) is 38.2 Å². The maximum atomic E-state index is 12.6. The summed E-state index contributed by atoms with van der Waals surface area (Å²) in [5, 5.41) is 3.26. The van der Waals surface area contributed by atoms with Gasteiger partial charge in [0.1, 0.15) is 5.75 Å². The van der Waals surface area contributed by atoms with Gasteiger partial charge in [0.25, 0.3) is 5.91 Å². The molecule has 0 aliphatic carbocycles. The Morgan fingerprint density at radius 2 is 1.92 bits per heavy atom. The van der Waals surface area contributed by atoms with E-state index >= 15 is 0 Å². The third-order valence-electron chi connectivity index (χ3n) is 4.52. The fourth-order valence-corrected chi connectivity index (χ4v) is 2.96. The molecule has 2 unspecified atom stereocenters. The number of carbonyl (C=O) groups is 1. The molecule has 1 aliphatic heterocycles. The normalized spacial score (nSPS) is 19.4. The quantitative estimate of drug-likeness (QED) is 0.901. The number of ether oxygens (including phenoxy) is 1. The minimum Gasteiger partial charge on any atom is -0.481 e. The molecule has 2 rings (SSSR count). The highest BCUT2D eigenvalue weighted by Crippen LogP contribution is 2.25. The molecule has 1 heterocycles. The Morgan fingerprint density at radius 1 is 1.29 bits per heavy atom. The molecule has 1 saturated heterocycles. The molecule has 1 aliphatic rings. The fraction of sp³-hybridized carbons (Fsp3) is 0.632. The van der Waals surface area contributed by atoms with E-state index in [1.54, 1.807) is 0 Å². The monoisotopic (exact) mass is 354 g/mol. The zero-order valence-corrected chi connectivity index (χ0v) is 16.3. The summed E-state index contributed by atoms with van der Waals surface area (Å²) in [6, 6.07) is 8.45. The molecule has 1 amide bonds. The van der Waals surface area contributed by atoms with Crippen LogP contribution < -0.4 is 10.1 Å². The zero-order chi connectivity index (χ0) is 17.0. The first-order valence-corrected chi connectivity index (χ1v) is 8.54. The van der Waals surface area contributed by atoms with Crippen molar-refractivity contribution in [1.29, 1.82) is 0 Å². The van der Waals surface area contributed by atoms with Gasteiger partial charge in [0, 0.05) is 19.1 Å². The first kappa shape index (κ1) is 20.8. The van der Waals surface area contributed by atoms with Crippen molar-refractivity contribution in [2.45, 2.75) is 58.1 Å². The van der Waals surface area contributed by atoms with E-state index in [4.69, 9.17) is 4.74 Å². The summed E-state index contributed by atoms with van der Waals surface area (Å²) in [5.41, 5.74) is 1.38. The van der Waals surface area contributed by atoms with Gasteiger partial charge < -0.3 is 15.0 Å². The molecular formula is C19H31ClN2O2. The molecule has 1 fully saturated rings. The van der Waals surface area contributed by atoms with Crippen LogP contribution in [0.4, 0.5) is 0 Å². The van der Waals surface area contributed by atoms with E-state index in [0.29, 0.717) is 6.04 Å². The number of carbonyl (C=O) groups excluding carboxylic acids is 1.